The van der Waals surface area contributed by atoms with Crippen molar-refractivity contribution in [1.82, 2.24) is 0 Å². The molecule has 3 atom stereocenters. The van der Waals surface area contributed by atoms with Crippen molar-refractivity contribution in [3.8, 4) is 5.75 Å². The van der Waals surface area contributed by atoms with E-state index in [1.54, 1.807) is 29.3 Å². The molecule has 6 nitrogen and oxygen atoms in total. The third-order valence-electron chi connectivity index (χ3n) is 5.95. The summed E-state index contributed by atoms with van der Waals surface area (Å²) in [6, 6.07) is 24.2. The van der Waals surface area contributed by atoms with Crippen LogP contribution in [0.2, 0.25) is 0 Å². The van der Waals surface area contributed by atoms with E-state index in [2.05, 4.69) is 0 Å². The van der Waals surface area contributed by atoms with E-state index in [1.165, 1.54) is 4.90 Å². The van der Waals surface area contributed by atoms with Gasteiger partial charge in [0.2, 0.25) is 5.91 Å². The molecule has 2 aliphatic rings. The lowest BCUT2D eigenvalue weighted by molar-refractivity contribution is -0.126. The SMILES string of the molecule is CCOc1ccc(N2C(=O)[C@H]3[C@@H](ON(c4ccccc4)[C@H]3c3ccc(C)cc3)C2=O)cc1. The molecule has 0 saturated carbocycles. The van der Waals surface area contributed by atoms with Gasteiger partial charge in [0.05, 0.1) is 24.0 Å². The van der Waals surface area contributed by atoms with Crippen LogP contribution >= 0.6 is 0 Å². The van der Waals surface area contributed by atoms with Crippen LogP contribution in [0.1, 0.15) is 24.1 Å². The number of hydrogen-bond donors (Lipinski definition) is 0. The summed E-state index contributed by atoms with van der Waals surface area (Å²) in [5, 5.41) is 1.71. The monoisotopic (exact) mass is 428 g/mol. The van der Waals surface area contributed by atoms with Gasteiger partial charge in [-0.25, -0.2) is 9.96 Å². The van der Waals surface area contributed by atoms with Gasteiger partial charge in [-0.2, -0.15) is 0 Å². The Labute approximate surface area is 186 Å². The Bertz CT molecular complexity index is 1130. The maximum absolute atomic E-state index is 13.6. The first-order valence-electron chi connectivity index (χ1n) is 10.8. The third kappa shape index (κ3) is 3.33. The number of hydrogen-bond acceptors (Lipinski definition) is 5. The molecule has 2 fully saturated rings. The number of carbonyl (C=O) groups is 2. The predicted molar refractivity (Wildman–Crippen MR) is 121 cm³/mol. The Morgan fingerprint density at radius 3 is 2.19 bits per heavy atom. The average molecular weight is 428 g/mol. The number of carbonyl (C=O) groups excluding carboxylic acids is 2. The van der Waals surface area contributed by atoms with Gasteiger partial charge in [0.25, 0.3) is 5.91 Å². The van der Waals surface area contributed by atoms with Gasteiger partial charge in [-0.05, 0) is 55.8 Å². The first-order chi connectivity index (χ1) is 15.6. The molecule has 3 aromatic carbocycles. The molecule has 5 rings (SSSR count). The van der Waals surface area contributed by atoms with Crippen molar-refractivity contribution in [2.75, 3.05) is 16.6 Å². The first kappa shape index (κ1) is 20.3. The van der Waals surface area contributed by atoms with Gasteiger partial charge in [-0.3, -0.25) is 14.4 Å². The number of anilines is 2. The summed E-state index contributed by atoms with van der Waals surface area (Å²) >= 11 is 0. The number of rotatable bonds is 5. The van der Waals surface area contributed by atoms with Crippen molar-refractivity contribution in [2.24, 2.45) is 5.92 Å². The van der Waals surface area contributed by atoms with Crippen molar-refractivity contribution < 1.29 is 19.2 Å². The van der Waals surface area contributed by atoms with Crippen LogP contribution in [0.4, 0.5) is 11.4 Å². The highest BCUT2D eigenvalue weighted by molar-refractivity contribution is 6.23. The minimum absolute atomic E-state index is 0.256. The molecule has 0 radical (unpaired) electrons. The highest BCUT2D eigenvalue weighted by atomic mass is 16.7. The first-order valence-corrected chi connectivity index (χ1v) is 10.8. The van der Waals surface area contributed by atoms with Crippen LogP contribution < -0.4 is 14.7 Å². The molecule has 0 spiro atoms. The lowest BCUT2D eigenvalue weighted by Crippen LogP contribution is -2.37. The van der Waals surface area contributed by atoms with E-state index in [0.717, 1.165) is 16.8 Å². The average Bonchev–Trinajstić information content (AvgIpc) is 3.32. The maximum Gasteiger partial charge on any atom is 0.266 e. The van der Waals surface area contributed by atoms with Crippen molar-refractivity contribution in [3.63, 3.8) is 0 Å². The molecule has 6 heteroatoms. The van der Waals surface area contributed by atoms with E-state index in [9.17, 15) is 9.59 Å². The molecule has 0 N–H and O–H groups in total. The van der Waals surface area contributed by atoms with Crippen molar-refractivity contribution >= 4 is 23.2 Å². The Hall–Kier alpha value is -3.64. The number of benzene rings is 3. The fraction of sp³-hybridized carbons (Fsp3) is 0.231. The van der Waals surface area contributed by atoms with Crippen LogP contribution in [-0.2, 0) is 14.4 Å². The van der Waals surface area contributed by atoms with Crippen LogP contribution in [0.5, 0.6) is 5.75 Å². The van der Waals surface area contributed by atoms with Gasteiger partial charge in [-0.1, -0.05) is 48.0 Å². The van der Waals surface area contributed by atoms with Gasteiger partial charge in [0.15, 0.2) is 6.10 Å². The number of nitrogens with zero attached hydrogens (tertiary/aromatic N) is 2. The number of amides is 2. The van der Waals surface area contributed by atoms with E-state index < -0.39 is 18.1 Å². The molecular formula is C26H24N2O4. The summed E-state index contributed by atoms with van der Waals surface area (Å²) in [6.07, 6.45) is -0.874. The Kier molecular flexibility index (Phi) is 5.15. The second-order valence-corrected chi connectivity index (χ2v) is 8.01. The fourth-order valence-corrected chi connectivity index (χ4v) is 4.43. The zero-order valence-corrected chi connectivity index (χ0v) is 18.0. The van der Waals surface area contributed by atoms with Gasteiger partial charge >= 0.3 is 0 Å². The summed E-state index contributed by atoms with van der Waals surface area (Å²) in [5.41, 5.74) is 3.39. The Morgan fingerprint density at radius 1 is 0.844 bits per heavy atom. The van der Waals surface area contributed by atoms with E-state index in [-0.39, 0.29) is 11.8 Å². The smallest absolute Gasteiger partial charge is 0.266 e. The molecule has 2 aliphatic heterocycles. The van der Waals surface area contributed by atoms with Crippen LogP contribution in [0.25, 0.3) is 0 Å². The van der Waals surface area contributed by atoms with Crippen molar-refractivity contribution in [3.05, 3.63) is 90.0 Å². The molecule has 0 aliphatic carbocycles. The topological polar surface area (TPSA) is 59.1 Å². The fourth-order valence-electron chi connectivity index (χ4n) is 4.43. The van der Waals surface area contributed by atoms with Gasteiger partial charge in [0, 0.05) is 0 Å². The standard InChI is InChI=1S/C26H24N2O4/c1-3-31-21-15-13-19(14-16-21)27-25(29)22-23(18-11-9-17(2)10-12-18)28(32-24(22)26(27)30)20-7-5-4-6-8-20/h4-16,22-24H,3H2,1-2H3/t22-,23+,24-/m1/s1. The molecule has 0 aromatic heterocycles. The largest absolute Gasteiger partial charge is 0.494 e. The zero-order valence-electron chi connectivity index (χ0n) is 18.0. The summed E-state index contributed by atoms with van der Waals surface area (Å²) in [7, 11) is 0. The second-order valence-electron chi connectivity index (χ2n) is 8.01. The summed E-state index contributed by atoms with van der Waals surface area (Å²) in [6.45, 7) is 4.47. The number of ether oxygens (including phenoxy) is 1. The highest BCUT2D eigenvalue weighted by Gasteiger charge is 2.60. The minimum atomic E-state index is -0.874. The molecule has 2 amide bonds. The number of fused-ring (bicyclic) bond motifs is 1. The minimum Gasteiger partial charge on any atom is -0.494 e. The number of para-hydroxylation sites is 1. The molecule has 2 heterocycles. The predicted octanol–water partition coefficient (Wildman–Crippen LogP) is 4.44. The molecule has 162 valence electrons. The highest BCUT2D eigenvalue weighted by Crippen LogP contribution is 2.47. The number of hydroxylamine groups is 1. The Morgan fingerprint density at radius 2 is 1.53 bits per heavy atom. The van der Waals surface area contributed by atoms with E-state index in [4.69, 9.17) is 9.57 Å². The Balaban J connectivity index is 1.53. The van der Waals surface area contributed by atoms with Crippen LogP contribution in [0.3, 0.4) is 0 Å². The van der Waals surface area contributed by atoms with Crippen LogP contribution in [0, 0.1) is 12.8 Å². The van der Waals surface area contributed by atoms with Gasteiger partial charge in [-0.15, -0.1) is 0 Å². The van der Waals surface area contributed by atoms with E-state index in [1.807, 2.05) is 68.4 Å². The zero-order chi connectivity index (χ0) is 22.2. The number of aryl methyl sites for hydroxylation is 1. The molecule has 0 unspecified atom stereocenters. The molecule has 3 aromatic rings. The lowest BCUT2D eigenvalue weighted by atomic mass is 9.90. The molecule has 2 saturated heterocycles. The van der Waals surface area contributed by atoms with E-state index >= 15 is 0 Å². The number of imide groups is 1. The molecule has 0 bridgehead atoms. The van der Waals surface area contributed by atoms with Crippen molar-refractivity contribution in [1.29, 1.82) is 0 Å². The lowest BCUT2D eigenvalue weighted by Gasteiger charge is -2.28. The van der Waals surface area contributed by atoms with E-state index in [0.29, 0.717) is 18.0 Å². The normalized spacial score (nSPS) is 22.4. The summed E-state index contributed by atoms with van der Waals surface area (Å²) in [5.74, 6) is -0.551. The summed E-state index contributed by atoms with van der Waals surface area (Å²) in [4.78, 5) is 34.3. The van der Waals surface area contributed by atoms with Gasteiger partial charge < -0.3 is 4.74 Å². The maximum atomic E-state index is 13.6. The summed E-state index contributed by atoms with van der Waals surface area (Å²) < 4.78 is 5.48. The third-order valence-corrected chi connectivity index (χ3v) is 5.95. The van der Waals surface area contributed by atoms with Crippen molar-refractivity contribution in [2.45, 2.75) is 26.0 Å². The molecule has 32 heavy (non-hydrogen) atoms. The molecular weight excluding hydrogens is 404 g/mol. The van der Waals surface area contributed by atoms with Crippen LogP contribution in [0.15, 0.2) is 78.9 Å². The second kappa shape index (κ2) is 8.13. The quantitative estimate of drug-likeness (QED) is 0.562. The van der Waals surface area contributed by atoms with Crippen LogP contribution in [-0.4, -0.2) is 24.5 Å². The van der Waals surface area contributed by atoms with Gasteiger partial charge in [0.1, 0.15) is 11.7 Å².